The number of carbonyl (C=O) groups excluding carboxylic acids is 1. The second-order valence-electron chi connectivity index (χ2n) is 7.97. The van der Waals surface area contributed by atoms with Crippen molar-refractivity contribution >= 4 is 23.0 Å². The molecule has 0 aliphatic carbocycles. The van der Waals surface area contributed by atoms with E-state index in [4.69, 9.17) is 9.72 Å². The van der Waals surface area contributed by atoms with Gasteiger partial charge in [-0.25, -0.2) is 9.50 Å². The molecular formula is C23H23N5O3S. The van der Waals surface area contributed by atoms with Crippen molar-refractivity contribution in [2.45, 2.75) is 32.6 Å². The molecule has 0 spiro atoms. The summed E-state index contributed by atoms with van der Waals surface area (Å²) in [7, 11) is 0. The van der Waals surface area contributed by atoms with Crippen LogP contribution in [0.4, 0.5) is 0 Å². The molecule has 5 rings (SSSR count). The number of hydrogen-bond acceptors (Lipinski definition) is 7. The van der Waals surface area contributed by atoms with Crippen LogP contribution in [0.2, 0.25) is 0 Å². The summed E-state index contributed by atoms with van der Waals surface area (Å²) in [5, 5.41) is 10.5. The van der Waals surface area contributed by atoms with Crippen LogP contribution in [-0.4, -0.2) is 38.6 Å². The maximum Gasteiger partial charge on any atom is 0.309 e. The zero-order valence-electron chi connectivity index (χ0n) is 17.8. The van der Waals surface area contributed by atoms with Gasteiger partial charge >= 0.3 is 5.97 Å². The summed E-state index contributed by atoms with van der Waals surface area (Å²) in [5.41, 5.74) is 4.60. The minimum atomic E-state index is -0.476. The van der Waals surface area contributed by atoms with Gasteiger partial charge in [0.05, 0.1) is 11.4 Å². The molecule has 0 saturated carbocycles. The molecule has 1 aliphatic rings. The van der Waals surface area contributed by atoms with Gasteiger partial charge in [0.15, 0.2) is 5.65 Å². The van der Waals surface area contributed by atoms with Gasteiger partial charge in [-0.05, 0) is 38.4 Å². The zero-order valence-corrected chi connectivity index (χ0v) is 18.7. The highest BCUT2D eigenvalue weighted by Gasteiger charge is 2.26. The van der Waals surface area contributed by atoms with Crippen LogP contribution in [0.1, 0.15) is 36.9 Å². The topological polar surface area (TPSA) is 101 Å². The molecule has 1 aliphatic heterocycles. The average molecular weight is 450 g/mol. The van der Waals surface area contributed by atoms with E-state index >= 15 is 0 Å². The van der Waals surface area contributed by atoms with Crippen LogP contribution in [0.5, 0.6) is 5.88 Å². The van der Waals surface area contributed by atoms with Crippen LogP contribution in [0.3, 0.4) is 0 Å². The Bertz CT molecular complexity index is 1360. The first-order chi connectivity index (χ1) is 15.5. The SMILES string of the molecule is CC(=O)Oc1nn2c(C3CCNCC3)cc(=O)[nH]c2c1-c1nc(-c2ccccc2C)cs1. The lowest BCUT2D eigenvalue weighted by Gasteiger charge is -2.23. The number of hydrogen-bond donors (Lipinski definition) is 2. The van der Waals surface area contributed by atoms with Crippen molar-refractivity contribution in [1.29, 1.82) is 0 Å². The Morgan fingerprint density at radius 2 is 2.03 bits per heavy atom. The lowest BCUT2D eigenvalue weighted by Crippen LogP contribution is -2.28. The lowest BCUT2D eigenvalue weighted by atomic mass is 9.94. The van der Waals surface area contributed by atoms with Gasteiger partial charge in [0, 0.05) is 29.9 Å². The summed E-state index contributed by atoms with van der Waals surface area (Å²) >= 11 is 1.43. The van der Waals surface area contributed by atoms with E-state index < -0.39 is 5.97 Å². The van der Waals surface area contributed by atoms with Crippen molar-refractivity contribution in [3.63, 3.8) is 0 Å². The fourth-order valence-corrected chi connectivity index (χ4v) is 5.09. The summed E-state index contributed by atoms with van der Waals surface area (Å²) in [6.45, 7) is 5.15. The molecule has 4 heterocycles. The van der Waals surface area contributed by atoms with E-state index in [1.54, 1.807) is 10.6 Å². The second-order valence-corrected chi connectivity index (χ2v) is 8.83. The summed E-state index contributed by atoms with van der Waals surface area (Å²) in [5.74, 6) is -0.130. The summed E-state index contributed by atoms with van der Waals surface area (Å²) in [6, 6.07) is 9.62. The minimum Gasteiger partial charge on any atom is -0.405 e. The predicted molar refractivity (Wildman–Crippen MR) is 123 cm³/mol. The summed E-state index contributed by atoms with van der Waals surface area (Å²) < 4.78 is 7.18. The molecular weight excluding hydrogens is 426 g/mol. The number of thiazole rings is 1. The Labute approximate surface area is 188 Å². The molecule has 0 amide bonds. The Morgan fingerprint density at radius 3 is 2.78 bits per heavy atom. The predicted octanol–water partition coefficient (Wildman–Crippen LogP) is 3.51. The highest BCUT2D eigenvalue weighted by Crippen LogP contribution is 2.38. The Hall–Kier alpha value is -3.30. The molecule has 1 aromatic carbocycles. The maximum atomic E-state index is 12.6. The number of aromatic nitrogens is 4. The standard InChI is InChI=1S/C23H23N5O3S/c1-13-5-3-4-6-16(13)17-12-32-23(25-17)20-21-26-19(30)11-18(15-7-9-24-10-8-15)28(21)27-22(20)31-14(2)29/h3-6,11-12,15,24H,7-10H2,1-2H3,(H,26,30). The van der Waals surface area contributed by atoms with Gasteiger partial charge in [-0.15, -0.1) is 16.4 Å². The Morgan fingerprint density at radius 1 is 1.25 bits per heavy atom. The first-order valence-corrected chi connectivity index (χ1v) is 11.5. The van der Waals surface area contributed by atoms with Gasteiger partial charge in [-0.1, -0.05) is 24.3 Å². The number of ether oxygens (including phenoxy) is 1. The molecule has 9 heteroatoms. The number of aromatic amines is 1. The van der Waals surface area contributed by atoms with Gasteiger partial charge in [0.2, 0.25) is 0 Å². The van der Waals surface area contributed by atoms with Crippen molar-refractivity contribution < 1.29 is 9.53 Å². The number of piperidine rings is 1. The number of carbonyl (C=O) groups is 1. The van der Waals surface area contributed by atoms with Crippen molar-refractivity contribution in [3.05, 3.63) is 57.3 Å². The van der Waals surface area contributed by atoms with Gasteiger partial charge < -0.3 is 15.0 Å². The molecule has 1 saturated heterocycles. The number of rotatable bonds is 4. The molecule has 4 aromatic rings. The van der Waals surface area contributed by atoms with Crippen LogP contribution in [0.25, 0.3) is 27.5 Å². The molecule has 8 nitrogen and oxygen atoms in total. The number of fused-ring (bicyclic) bond motifs is 1. The quantitative estimate of drug-likeness (QED) is 0.463. The number of esters is 1. The Balaban J connectivity index is 1.70. The first-order valence-electron chi connectivity index (χ1n) is 10.6. The van der Waals surface area contributed by atoms with Crippen molar-refractivity contribution in [3.8, 4) is 27.7 Å². The normalized spacial score (nSPS) is 14.7. The molecule has 0 unspecified atom stereocenters. The average Bonchev–Trinajstić information content (AvgIpc) is 3.38. The molecule has 0 bridgehead atoms. The number of benzene rings is 1. The highest BCUT2D eigenvalue weighted by atomic mass is 32.1. The van der Waals surface area contributed by atoms with E-state index in [0.717, 1.165) is 48.4 Å². The van der Waals surface area contributed by atoms with Crippen LogP contribution in [0.15, 0.2) is 40.5 Å². The fourth-order valence-electron chi connectivity index (χ4n) is 4.23. The van der Waals surface area contributed by atoms with Crippen molar-refractivity contribution in [2.24, 2.45) is 0 Å². The highest BCUT2D eigenvalue weighted by molar-refractivity contribution is 7.13. The van der Waals surface area contributed by atoms with Gasteiger partial charge in [-0.3, -0.25) is 9.59 Å². The third-order valence-corrected chi connectivity index (χ3v) is 6.62. The van der Waals surface area contributed by atoms with Gasteiger partial charge in [-0.2, -0.15) is 0 Å². The molecule has 164 valence electrons. The number of nitrogens with one attached hydrogen (secondary N) is 2. The van der Waals surface area contributed by atoms with Crippen LogP contribution in [-0.2, 0) is 4.79 Å². The third-order valence-electron chi connectivity index (χ3n) is 5.76. The fraction of sp³-hybridized carbons (Fsp3) is 0.304. The number of H-pyrrole nitrogens is 1. The van der Waals surface area contributed by atoms with Crippen molar-refractivity contribution in [1.82, 2.24) is 24.9 Å². The van der Waals surface area contributed by atoms with E-state index in [-0.39, 0.29) is 17.4 Å². The van der Waals surface area contributed by atoms with Gasteiger partial charge in [0.25, 0.3) is 11.4 Å². The van der Waals surface area contributed by atoms with Crippen LogP contribution < -0.4 is 15.6 Å². The van der Waals surface area contributed by atoms with Crippen LogP contribution >= 0.6 is 11.3 Å². The monoisotopic (exact) mass is 449 g/mol. The van der Waals surface area contributed by atoms with E-state index in [9.17, 15) is 9.59 Å². The molecule has 3 aromatic heterocycles. The minimum absolute atomic E-state index is 0.153. The lowest BCUT2D eigenvalue weighted by molar-refractivity contribution is -0.132. The molecule has 32 heavy (non-hydrogen) atoms. The number of nitrogens with zero attached hydrogens (tertiary/aromatic N) is 3. The molecule has 0 atom stereocenters. The Kier molecular flexibility index (Phi) is 5.36. The second kappa shape index (κ2) is 8.33. The summed E-state index contributed by atoms with van der Waals surface area (Å²) in [4.78, 5) is 32.1. The van der Waals surface area contributed by atoms with E-state index in [1.165, 1.54) is 18.3 Å². The molecule has 2 N–H and O–H groups in total. The number of aryl methyl sites for hydroxylation is 1. The first kappa shape index (κ1) is 20.6. The van der Waals surface area contributed by atoms with E-state index in [1.807, 2.05) is 36.6 Å². The smallest absolute Gasteiger partial charge is 0.309 e. The zero-order chi connectivity index (χ0) is 22.2. The third kappa shape index (κ3) is 3.74. The molecule has 1 fully saturated rings. The van der Waals surface area contributed by atoms with Crippen LogP contribution in [0, 0.1) is 6.92 Å². The van der Waals surface area contributed by atoms with Gasteiger partial charge in [0.1, 0.15) is 10.6 Å². The van der Waals surface area contributed by atoms with E-state index in [2.05, 4.69) is 15.4 Å². The van der Waals surface area contributed by atoms with Crippen molar-refractivity contribution in [2.75, 3.05) is 13.1 Å². The maximum absolute atomic E-state index is 12.6. The summed E-state index contributed by atoms with van der Waals surface area (Å²) in [6.07, 6.45) is 1.82. The molecule has 0 radical (unpaired) electrons. The largest absolute Gasteiger partial charge is 0.405 e. The van der Waals surface area contributed by atoms with E-state index in [0.29, 0.717) is 16.2 Å².